The van der Waals surface area contributed by atoms with Gasteiger partial charge in [-0.3, -0.25) is 0 Å². The van der Waals surface area contributed by atoms with Gasteiger partial charge in [-0.15, -0.1) is 22.2 Å². The van der Waals surface area contributed by atoms with E-state index in [0.717, 1.165) is 5.56 Å². The lowest BCUT2D eigenvalue weighted by atomic mass is 10.2. The molecular formula is C8H10Cl2OSi. The van der Waals surface area contributed by atoms with Crippen molar-refractivity contribution in [2.45, 2.75) is 6.04 Å². The molecule has 0 N–H and O–H groups in total. The highest BCUT2D eigenvalue weighted by Crippen LogP contribution is 2.20. The fourth-order valence-electron chi connectivity index (χ4n) is 0.906. The number of benzene rings is 1. The van der Waals surface area contributed by atoms with E-state index < -0.39 is 6.94 Å². The highest BCUT2D eigenvalue weighted by Gasteiger charge is 2.29. The minimum Gasteiger partial charge on any atom is -0.395 e. The van der Waals surface area contributed by atoms with E-state index >= 15 is 0 Å². The Bertz CT molecular complexity index is 238. The van der Waals surface area contributed by atoms with Gasteiger partial charge in [-0.1, -0.05) is 30.3 Å². The van der Waals surface area contributed by atoms with E-state index in [1.165, 1.54) is 0 Å². The van der Waals surface area contributed by atoms with E-state index in [1.54, 1.807) is 7.11 Å². The summed E-state index contributed by atoms with van der Waals surface area (Å²) in [5.41, 5.74) is 1.12. The van der Waals surface area contributed by atoms with E-state index in [0.29, 0.717) is 6.04 Å². The van der Waals surface area contributed by atoms with Crippen LogP contribution < -0.4 is 0 Å². The molecule has 0 amide bonds. The molecule has 0 spiro atoms. The first-order valence-corrected chi connectivity index (χ1v) is 7.75. The van der Waals surface area contributed by atoms with Crippen LogP contribution in [0.4, 0.5) is 0 Å². The Kier molecular flexibility index (Phi) is 3.59. The molecule has 0 bridgehead atoms. The predicted molar refractivity (Wildman–Crippen MR) is 54.6 cm³/mol. The third-order valence-electron chi connectivity index (χ3n) is 1.55. The predicted octanol–water partition coefficient (Wildman–Crippen LogP) is 2.83. The van der Waals surface area contributed by atoms with Crippen molar-refractivity contribution in [1.29, 1.82) is 0 Å². The Morgan fingerprint density at radius 1 is 1.25 bits per heavy atom. The standard InChI is InChI=1S/C8H10Cl2OSi/c1-11-12(9,10)7-8-5-3-2-4-6-8/h2-6H,7H2,1H3. The molecule has 66 valence electrons. The number of rotatable bonds is 3. The molecule has 1 nitrogen and oxygen atoms in total. The maximum Gasteiger partial charge on any atom is 0.393 e. The lowest BCUT2D eigenvalue weighted by Gasteiger charge is -2.13. The van der Waals surface area contributed by atoms with Gasteiger partial charge in [0.05, 0.1) is 0 Å². The molecule has 1 aromatic carbocycles. The molecule has 0 atom stereocenters. The first kappa shape index (κ1) is 10.1. The Labute approximate surface area is 82.8 Å². The van der Waals surface area contributed by atoms with Gasteiger partial charge in [-0.25, -0.2) is 0 Å². The minimum absolute atomic E-state index is 0.632. The molecule has 0 heterocycles. The molecule has 0 saturated carbocycles. The lowest BCUT2D eigenvalue weighted by Crippen LogP contribution is -2.26. The molecule has 4 heteroatoms. The smallest absolute Gasteiger partial charge is 0.393 e. The highest BCUT2D eigenvalue weighted by atomic mass is 35.7. The molecule has 1 rings (SSSR count). The molecule has 12 heavy (non-hydrogen) atoms. The van der Waals surface area contributed by atoms with Crippen LogP contribution in [0.15, 0.2) is 30.3 Å². The first-order valence-electron chi connectivity index (χ1n) is 3.61. The van der Waals surface area contributed by atoms with Crippen molar-refractivity contribution in [2.75, 3.05) is 7.11 Å². The summed E-state index contributed by atoms with van der Waals surface area (Å²) in [6, 6.07) is 10.5. The Balaban J connectivity index is 2.64. The van der Waals surface area contributed by atoms with Crippen LogP contribution in [0.5, 0.6) is 0 Å². The van der Waals surface area contributed by atoms with Gasteiger partial charge in [0.1, 0.15) is 0 Å². The average molecular weight is 221 g/mol. The number of hydrogen-bond donors (Lipinski definition) is 0. The van der Waals surface area contributed by atoms with Gasteiger partial charge in [-0.05, 0) is 5.56 Å². The lowest BCUT2D eigenvalue weighted by molar-refractivity contribution is 0.426. The summed E-state index contributed by atoms with van der Waals surface area (Å²) in [4.78, 5) is 0. The van der Waals surface area contributed by atoms with Crippen molar-refractivity contribution in [2.24, 2.45) is 0 Å². The zero-order valence-electron chi connectivity index (χ0n) is 6.76. The van der Waals surface area contributed by atoms with E-state index in [-0.39, 0.29) is 0 Å². The summed E-state index contributed by atoms with van der Waals surface area (Å²) in [6.07, 6.45) is 0. The van der Waals surface area contributed by atoms with Crippen molar-refractivity contribution >= 4 is 29.1 Å². The fraction of sp³-hybridized carbons (Fsp3) is 0.250. The Hall–Kier alpha value is -0.0231. The summed E-state index contributed by atoms with van der Waals surface area (Å²) < 4.78 is 5.01. The summed E-state index contributed by atoms with van der Waals surface area (Å²) in [5, 5.41) is 0. The monoisotopic (exact) mass is 220 g/mol. The van der Waals surface area contributed by atoms with E-state index in [4.69, 9.17) is 26.6 Å². The highest BCUT2D eigenvalue weighted by molar-refractivity contribution is 7.42. The molecule has 0 aliphatic heterocycles. The van der Waals surface area contributed by atoms with Crippen LogP contribution in [-0.2, 0) is 10.5 Å². The van der Waals surface area contributed by atoms with Crippen molar-refractivity contribution in [1.82, 2.24) is 0 Å². The van der Waals surface area contributed by atoms with Gasteiger partial charge in [0.2, 0.25) is 0 Å². The van der Waals surface area contributed by atoms with E-state index in [2.05, 4.69) is 0 Å². The third kappa shape index (κ3) is 3.15. The second-order valence-electron chi connectivity index (χ2n) is 2.50. The quantitative estimate of drug-likeness (QED) is 0.563. The van der Waals surface area contributed by atoms with Gasteiger partial charge in [0.15, 0.2) is 0 Å². The Morgan fingerprint density at radius 3 is 2.33 bits per heavy atom. The maximum atomic E-state index is 5.94. The minimum atomic E-state index is -2.47. The van der Waals surface area contributed by atoms with Gasteiger partial charge in [0.25, 0.3) is 0 Å². The molecule has 0 fully saturated rings. The SMILES string of the molecule is CO[Si](Cl)(Cl)Cc1ccccc1. The van der Waals surface area contributed by atoms with Crippen LogP contribution in [0.2, 0.25) is 0 Å². The van der Waals surface area contributed by atoms with Gasteiger partial charge in [0, 0.05) is 13.2 Å². The summed E-state index contributed by atoms with van der Waals surface area (Å²) in [6.45, 7) is -2.47. The maximum absolute atomic E-state index is 5.94. The fourth-order valence-corrected chi connectivity index (χ4v) is 2.69. The summed E-state index contributed by atoms with van der Waals surface area (Å²) >= 11 is 11.9. The van der Waals surface area contributed by atoms with Crippen LogP contribution >= 0.6 is 22.2 Å². The van der Waals surface area contributed by atoms with Crippen molar-refractivity contribution in [3.8, 4) is 0 Å². The first-order chi connectivity index (χ1) is 5.64. The number of hydrogen-bond acceptors (Lipinski definition) is 1. The Morgan fingerprint density at radius 2 is 1.83 bits per heavy atom. The van der Waals surface area contributed by atoms with Crippen LogP contribution in [0.25, 0.3) is 0 Å². The van der Waals surface area contributed by atoms with Crippen molar-refractivity contribution in [3.63, 3.8) is 0 Å². The van der Waals surface area contributed by atoms with Crippen molar-refractivity contribution in [3.05, 3.63) is 35.9 Å². The third-order valence-corrected chi connectivity index (χ3v) is 4.70. The second-order valence-corrected chi connectivity index (χ2v) is 8.78. The molecule has 0 aliphatic carbocycles. The zero-order valence-corrected chi connectivity index (χ0v) is 9.27. The summed E-state index contributed by atoms with van der Waals surface area (Å²) in [7, 11) is 1.55. The molecule has 0 aliphatic rings. The topological polar surface area (TPSA) is 9.23 Å². The normalized spacial score (nSPS) is 11.6. The second kappa shape index (κ2) is 4.28. The van der Waals surface area contributed by atoms with Gasteiger partial charge < -0.3 is 4.43 Å². The zero-order chi connectivity index (χ0) is 9.03. The summed E-state index contributed by atoms with van der Waals surface area (Å²) in [5.74, 6) is 0. The molecule has 0 saturated heterocycles. The van der Waals surface area contributed by atoms with Crippen LogP contribution in [0.3, 0.4) is 0 Å². The molecular weight excluding hydrogens is 211 g/mol. The average Bonchev–Trinajstić information content (AvgIpc) is 2.06. The van der Waals surface area contributed by atoms with Crippen molar-refractivity contribution < 1.29 is 4.43 Å². The largest absolute Gasteiger partial charge is 0.395 e. The van der Waals surface area contributed by atoms with Crippen LogP contribution in [0.1, 0.15) is 5.56 Å². The van der Waals surface area contributed by atoms with Gasteiger partial charge >= 0.3 is 6.94 Å². The number of halogens is 2. The van der Waals surface area contributed by atoms with Crippen LogP contribution in [-0.4, -0.2) is 14.0 Å². The molecule has 0 radical (unpaired) electrons. The molecule has 1 aromatic rings. The van der Waals surface area contributed by atoms with E-state index in [1.807, 2.05) is 30.3 Å². The molecule has 0 unspecified atom stereocenters. The molecule has 0 aromatic heterocycles. The van der Waals surface area contributed by atoms with E-state index in [9.17, 15) is 0 Å². The van der Waals surface area contributed by atoms with Gasteiger partial charge in [-0.2, -0.15) is 0 Å². The van der Waals surface area contributed by atoms with Crippen LogP contribution in [0, 0.1) is 0 Å².